The molecule has 1 N–H and O–H groups in total. The van der Waals surface area contributed by atoms with E-state index in [0.717, 1.165) is 16.5 Å². The molecule has 0 bridgehead atoms. The summed E-state index contributed by atoms with van der Waals surface area (Å²) in [7, 11) is 0. The molecule has 1 aromatic heterocycles. The van der Waals surface area contributed by atoms with Crippen molar-refractivity contribution >= 4 is 22.8 Å². The van der Waals surface area contributed by atoms with Gasteiger partial charge in [-0.3, -0.25) is 14.6 Å². The average Bonchev–Trinajstić information content (AvgIpc) is 2.42. The predicted octanol–water partition coefficient (Wildman–Crippen LogP) is 2.82. The van der Waals surface area contributed by atoms with Crippen LogP contribution in [0.3, 0.4) is 0 Å². The average molecular weight is 301 g/mol. The van der Waals surface area contributed by atoms with Crippen molar-refractivity contribution in [3.05, 3.63) is 42.1 Å². The first-order valence-corrected chi connectivity index (χ1v) is 7.06. The van der Waals surface area contributed by atoms with Crippen LogP contribution in [0.5, 0.6) is 0 Å². The Kier molecular flexibility index (Phi) is 4.45. The number of para-hydroxylation sites is 1. The number of hydrogen-bond acceptors (Lipinski definition) is 4. The monoisotopic (exact) mass is 301 g/mol. The highest BCUT2D eigenvalue weighted by Gasteiger charge is 2.31. The highest BCUT2D eigenvalue weighted by molar-refractivity contribution is 5.95. The number of aliphatic carboxylic acids is 1. The topological polar surface area (TPSA) is 76.5 Å². The molecule has 0 amide bonds. The highest BCUT2D eigenvalue weighted by atomic mass is 16.6. The summed E-state index contributed by atoms with van der Waals surface area (Å²) in [5, 5.41) is 10.2. The molecule has 0 aliphatic rings. The number of pyridine rings is 1. The summed E-state index contributed by atoms with van der Waals surface area (Å²) >= 11 is 0. The second-order valence-corrected chi connectivity index (χ2v) is 6.12. The fraction of sp³-hybridized carbons (Fsp3) is 0.353. The van der Waals surface area contributed by atoms with Crippen molar-refractivity contribution in [3.63, 3.8) is 0 Å². The third-order valence-corrected chi connectivity index (χ3v) is 3.15. The fourth-order valence-corrected chi connectivity index (χ4v) is 2.20. The van der Waals surface area contributed by atoms with Crippen LogP contribution in [0.15, 0.2) is 36.5 Å². The van der Waals surface area contributed by atoms with Crippen molar-refractivity contribution in [1.29, 1.82) is 0 Å². The van der Waals surface area contributed by atoms with Gasteiger partial charge in [-0.2, -0.15) is 0 Å². The molecule has 22 heavy (non-hydrogen) atoms. The molecule has 0 aliphatic carbocycles. The molecule has 1 heterocycles. The van der Waals surface area contributed by atoms with Crippen LogP contribution in [0.2, 0.25) is 0 Å². The maximum atomic E-state index is 12.1. The molecule has 1 atom stereocenters. The first-order valence-electron chi connectivity index (χ1n) is 7.06. The van der Waals surface area contributed by atoms with E-state index in [2.05, 4.69) is 4.98 Å². The van der Waals surface area contributed by atoms with Crippen LogP contribution in [0.25, 0.3) is 10.9 Å². The molecule has 0 spiro atoms. The number of benzene rings is 1. The summed E-state index contributed by atoms with van der Waals surface area (Å²) in [5.74, 6) is -3.14. The molecule has 2 rings (SSSR count). The summed E-state index contributed by atoms with van der Waals surface area (Å²) in [5.41, 5.74) is 0.822. The molecule has 0 aliphatic heterocycles. The van der Waals surface area contributed by atoms with Crippen LogP contribution >= 0.6 is 0 Å². The largest absolute Gasteiger partial charge is 0.481 e. The van der Waals surface area contributed by atoms with Gasteiger partial charge in [-0.25, -0.2) is 0 Å². The number of esters is 1. The van der Waals surface area contributed by atoms with Gasteiger partial charge in [0.05, 0.1) is 5.52 Å². The molecule has 2 aromatic rings. The molecule has 1 aromatic carbocycles. The minimum Gasteiger partial charge on any atom is -0.481 e. The van der Waals surface area contributed by atoms with Gasteiger partial charge in [-0.05, 0) is 44.9 Å². The Bertz CT molecular complexity index is 698. The zero-order valence-corrected chi connectivity index (χ0v) is 12.9. The number of ether oxygens (including phenoxy) is 1. The van der Waals surface area contributed by atoms with Gasteiger partial charge in [0, 0.05) is 11.6 Å². The van der Waals surface area contributed by atoms with Gasteiger partial charge >= 0.3 is 11.9 Å². The summed E-state index contributed by atoms with van der Waals surface area (Å²) in [6.07, 6.45) is 1.69. The van der Waals surface area contributed by atoms with Crippen LogP contribution in [0, 0.1) is 5.92 Å². The third kappa shape index (κ3) is 3.81. The van der Waals surface area contributed by atoms with Crippen molar-refractivity contribution in [1.82, 2.24) is 4.98 Å². The molecule has 0 saturated heterocycles. The lowest BCUT2D eigenvalue weighted by Crippen LogP contribution is -2.34. The maximum Gasteiger partial charge on any atom is 0.321 e. The van der Waals surface area contributed by atoms with E-state index >= 15 is 0 Å². The zero-order valence-electron chi connectivity index (χ0n) is 12.9. The van der Waals surface area contributed by atoms with E-state index in [1.54, 1.807) is 33.0 Å². The molecule has 0 fully saturated rings. The van der Waals surface area contributed by atoms with Crippen molar-refractivity contribution in [3.8, 4) is 0 Å². The third-order valence-electron chi connectivity index (χ3n) is 3.15. The van der Waals surface area contributed by atoms with E-state index < -0.39 is 23.5 Å². The van der Waals surface area contributed by atoms with Crippen molar-refractivity contribution in [2.45, 2.75) is 32.8 Å². The number of carbonyl (C=O) groups is 2. The van der Waals surface area contributed by atoms with E-state index in [9.17, 15) is 14.7 Å². The van der Waals surface area contributed by atoms with E-state index in [4.69, 9.17) is 4.74 Å². The molecule has 116 valence electrons. The number of aromatic nitrogens is 1. The minimum absolute atomic E-state index is 0.0767. The lowest BCUT2D eigenvalue weighted by atomic mass is 9.96. The zero-order chi connectivity index (χ0) is 16.3. The molecule has 5 heteroatoms. The lowest BCUT2D eigenvalue weighted by Gasteiger charge is -2.22. The van der Waals surface area contributed by atoms with E-state index in [1.807, 2.05) is 24.3 Å². The minimum atomic E-state index is -1.23. The van der Waals surface area contributed by atoms with Crippen LogP contribution in [-0.2, 0) is 20.7 Å². The summed E-state index contributed by atoms with van der Waals surface area (Å²) in [4.78, 5) is 27.8. The summed E-state index contributed by atoms with van der Waals surface area (Å²) < 4.78 is 5.21. The summed E-state index contributed by atoms with van der Waals surface area (Å²) in [6, 6.07) is 9.18. The first kappa shape index (κ1) is 15.9. The number of hydrogen-bond donors (Lipinski definition) is 1. The van der Waals surface area contributed by atoms with E-state index in [1.165, 1.54) is 0 Å². The Morgan fingerprint density at radius 2 is 1.91 bits per heavy atom. The molecular formula is C17H19NO4. The van der Waals surface area contributed by atoms with Gasteiger partial charge in [0.2, 0.25) is 0 Å². The fourth-order valence-electron chi connectivity index (χ4n) is 2.20. The molecular weight excluding hydrogens is 282 g/mol. The normalized spacial score (nSPS) is 12.9. The van der Waals surface area contributed by atoms with Crippen molar-refractivity contribution in [2.75, 3.05) is 0 Å². The SMILES string of the molecule is CC(C)(C)OC(=O)[C@H](Cc1ccnc2ccccc12)C(=O)O. The van der Waals surface area contributed by atoms with Gasteiger partial charge < -0.3 is 9.84 Å². The number of carboxylic acids is 1. The molecule has 0 saturated carbocycles. The van der Waals surface area contributed by atoms with Crippen molar-refractivity contribution in [2.24, 2.45) is 5.92 Å². The van der Waals surface area contributed by atoms with Crippen LogP contribution in [-0.4, -0.2) is 27.6 Å². The Hall–Kier alpha value is -2.43. The quantitative estimate of drug-likeness (QED) is 0.694. The van der Waals surface area contributed by atoms with Crippen LogP contribution in [0.1, 0.15) is 26.3 Å². The highest BCUT2D eigenvalue weighted by Crippen LogP contribution is 2.21. The maximum absolute atomic E-state index is 12.1. The summed E-state index contributed by atoms with van der Waals surface area (Å²) in [6.45, 7) is 5.14. The predicted molar refractivity (Wildman–Crippen MR) is 82.4 cm³/mol. The van der Waals surface area contributed by atoms with Gasteiger partial charge in [0.1, 0.15) is 5.60 Å². The second-order valence-electron chi connectivity index (χ2n) is 6.12. The van der Waals surface area contributed by atoms with E-state index in [0.29, 0.717) is 0 Å². The molecule has 5 nitrogen and oxygen atoms in total. The Morgan fingerprint density at radius 1 is 1.23 bits per heavy atom. The standard InChI is InChI=1S/C17H19NO4/c1-17(2,3)22-16(21)13(15(19)20)10-11-8-9-18-14-7-5-4-6-12(11)14/h4-9,13H,10H2,1-3H3,(H,19,20)/t13-/m1/s1. The van der Waals surface area contributed by atoms with E-state index in [-0.39, 0.29) is 6.42 Å². The number of rotatable bonds is 4. The number of carboxylic acid groups (broad SMARTS) is 1. The Morgan fingerprint density at radius 3 is 2.55 bits per heavy atom. The van der Waals surface area contributed by atoms with Gasteiger partial charge in [-0.15, -0.1) is 0 Å². The number of carbonyl (C=O) groups excluding carboxylic acids is 1. The van der Waals surface area contributed by atoms with Crippen molar-refractivity contribution < 1.29 is 19.4 Å². The number of fused-ring (bicyclic) bond motifs is 1. The Labute approximate surface area is 128 Å². The Balaban J connectivity index is 2.31. The smallest absolute Gasteiger partial charge is 0.321 e. The number of nitrogens with zero attached hydrogens (tertiary/aromatic N) is 1. The molecule has 0 radical (unpaired) electrons. The van der Waals surface area contributed by atoms with Crippen LogP contribution in [0.4, 0.5) is 0 Å². The van der Waals surface area contributed by atoms with Gasteiger partial charge in [-0.1, -0.05) is 18.2 Å². The van der Waals surface area contributed by atoms with Gasteiger partial charge in [0.25, 0.3) is 0 Å². The van der Waals surface area contributed by atoms with Crippen LogP contribution < -0.4 is 0 Å². The molecule has 0 unspecified atom stereocenters. The van der Waals surface area contributed by atoms with Gasteiger partial charge in [0.15, 0.2) is 5.92 Å². The second kappa shape index (κ2) is 6.13. The lowest BCUT2D eigenvalue weighted by molar-refractivity contribution is -0.166. The first-order chi connectivity index (χ1) is 10.3.